The van der Waals surface area contributed by atoms with Crippen LogP contribution < -0.4 is 4.89 Å². The van der Waals surface area contributed by atoms with Gasteiger partial charge in [0.05, 0.1) is 19.8 Å². The van der Waals surface area contributed by atoms with Crippen LogP contribution in [0.4, 0.5) is 0 Å². The number of nitrogens with zero attached hydrogens (tertiary/aromatic N) is 1. The van der Waals surface area contributed by atoms with Gasteiger partial charge in [0.2, 0.25) is 5.91 Å². The molecule has 7 heteroatoms. The lowest BCUT2D eigenvalue weighted by Gasteiger charge is -2.23. The van der Waals surface area contributed by atoms with Crippen LogP contribution >= 0.6 is 8.03 Å². The zero-order valence-corrected chi connectivity index (χ0v) is 30.3. The quantitative estimate of drug-likeness (QED) is 0.0542. The largest absolute Gasteiger partial charge is 0.595 e. The van der Waals surface area contributed by atoms with Gasteiger partial charge in [0, 0.05) is 19.6 Å². The van der Waals surface area contributed by atoms with Crippen molar-refractivity contribution in [2.75, 3.05) is 32.9 Å². The minimum atomic E-state index is -2.71. The number of carbonyl (C=O) groups excluding carboxylic acids is 1. The van der Waals surface area contributed by atoms with E-state index in [4.69, 9.17) is 4.74 Å². The molecule has 0 aromatic rings. The van der Waals surface area contributed by atoms with Crippen LogP contribution in [0.3, 0.4) is 0 Å². The molecule has 0 aliphatic heterocycles. The van der Waals surface area contributed by atoms with Gasteiger partial charge >= 0.3 is 8.03 Å². The number of hydrogen-bond acceptors (Lipinski definition) is 5. The summed E-state index contributed by atoms with van der Waals surface area (Å²) in [5.41, 5.74) is -0.723. The third kappa shape index (κ3) is 30.1. The zero-order chi connectivity index (χ0) is 32.4. The van der Waals surface area contributed by atoms with Crippen LogP contribution in [0.5, 0.6) is 0 Å². The molecule has 0 spiro atoms. The molecule has 0 fully saturated rings. The predicted octanol–water partition coefficient (Wildman–Crippen LogP) is 10.3. The van der Waals surface area contributed by atoms with Crippen molar-refractivity contribution in [3.05, 3.63) is 0 Å². The van der Waals surface area contributed by atoms with Gasteiger partial charge in [-0.3, -0.25) is 4.79 Å². The monoisotopic (exact) mass is 644 g/mol. The summed E-state index contributed by atoms with van der Waals surface area (Å²) in [7, 11) is -2.71. The van der Waals surface area contributed by atoms with Gasteiger partial charge in [0.15, 0.2) is 5.66 Å². The van der Waals surface area contributed by atoms with E-state index in [1.165, 1.54) is 146 Å². The highest BCUT2D eigenvalue weighted by atomic mass is 31.1. The van der Waals surface area contributed by atoms with Gasteiger partial charge < -0.3 is 19.6 Å². The number of rotatable bonds is 36. The Hall–Kier alpha value is -0.550. The van der Waals surface area contributed by atoms with Crippen LogP contribution in [-0.4, -0.2) is 54.5 Å². The molecule has 2 unspecified atom stereocenters. The second kappa shape index (κ2) is 35.3. The zero-order valence-electron chi connectivity index (χ0n) is 29.4. The molecular formula is C37H74NO5P. The van der Waals surface area contributed by atoms with Gasteiger partial charge in [-0.2, -0.15) is 0 Å². The van der Waals surface area contributed by atoms with Gasteiger partial charge in [-0.05, 0) is 12.8 Å². The fraction of sp³-hybridized carbons (Fsp3) is 0.973. The molecule has 1 N–H and O–H groups in total. The Morgan fingerprint density at radius 1 is 0.636 bits per heavy atom. The summed E-state index contributed by atoms with van der Waals surface area (Å²) in [6.45, 7) is 5.32. The molecule has 0 bridgehead atoms. The van der Waals surface area contributed by atoms with Crippen molar-refractivity contribution in [2.24, 2.45) is 0 Å². The maximum atomic E-state index is 12.8. The van der Waals surface area contributed by atoms with Crippen LogP contribution in [0, 0.1) is 0 Å². The maximum Gasteiger partial charge on any atom is 0.316 e. The van der Waals surface area contributed by atoms with E-state index in [0.29, 0.717) is 13.0 Å². The van der Waals surface area contributed by atoms with Crippen molar-refractivity contribution in [2.45, 2.75) is 199 Å². The number of unbranched alkanes of at least 4 members (excludes halogenated alkanes) is 25. The summed E-state index contributed by atoms with van der Waals surface area (Å²) in [5, 5.41) is 9.47. The number of ether oxygens (including phenoxy) is 1. The van der Waals surface area contributed by atoms with Gasteiger partial charge in [0.25, 0.3) is 0 Å². The lowest BCUT2D eigenvalue weighted by Crippen LogP contribution is -2.40. The Morgan fingerprint density at radius 3 is 1.36 bits per heavy atom. The van der Waals surface area contributed by atoms with E-state index in [1.54, 1.807) is 0 Å². The van der Waals surface area contributed by atoms with Crippen molar-refractivity contribution in [3.8, 4) is 0 Å². The smallest absolute Gasteiger partial charge is 0.316 e. The van der Waals surface area contributed by atoms with Crippen molar-refractivity contribution in [1.82, 2.24) is 4.90 Å². The lowest BCUT2D eigenvalue weighted by molar-refractivity contribution is -0.167. The molecule has 0 saturated carbocycles. The minimum Gasteiger partial charge on any atom is -0.595 e. The molecule has 0 aromatic heterocycles. The number of aliphatic hydroxyl groups is 1. The Kier molecular flexibility index (Phi) is 34.9. The molecule has 44 heavy (non-hydrogen) atoms. The first-order valence-electron chi connectivity index (χ1n) is 19.2. The van der Waals surface area contributed by atoms with Crippen LogP contribution in [0.25, 0.3) is 0 Å². The van der Waals surface area contributed by atoms with E-state index in [2.05, 4.69) is 13.8 Å². The first kappa shape index (κ1) is 43.5. The first-order chi connectivity index (χ1) is 21.6. The van der Waals surface area contributed by atoms with E-state index < -0.39 is 13.7 Å². The summed E-state index contributed by atoms with van der Waals surface area (Å²) in [6, 6.07) is 0. The normalized spacial score (nSPS) is 12.5. The average molecular weight is 644 g/mol. The van der Waals surface area contributed by atoms with Crippen molar-refractivity contribution in [3.63, 3.8) is 0 Å². The average Bonchev–Trinajstić information content (AvgIpc) is 3.01. The summed E-state index contributed by atoms with van der Waals surface area (Å²) in [6.07, 6.45) is 34.9. The molecule has 2 atom stereocenters. The first-order valence-corrected chi connectivity index (χ1v) is 20.4. The van der Waals surface area contributed by atoms with E-state index in [-0.39, 0.29) is 32.2 Å². The molecule has 0 aliphatic rings. The standard InChI is InChI=1S/C37H74NO5P/c1-3-5-7-9-11-13-15-17-19-21-23-25-27-29-33-43-35-36(44(41)42)34-38(31-32-39)37(40)30-28-26-24-22-20-18-16-14-12-10-8-6-4-2/h36,39H,3-35H2,1-2H3. The van der Waals surface area contributed by atoms with Crippen LogP contribution in [0.1, 0.15) is 194 Å². The maximum absolute atomic E-state index is 12.8. The van der Waals surface area contributed by atoms with E-state index in [0.717, 1.165) is 32.1 Å². The number of carbonyl (C=O) groups is 1. The molecule has 0 radical (unpaired) electrons. The Morgan fingerprint density at radius 2 is 1.00 bits per heavy atom. The fourth-order valence-corrected chi connectivity index (χ4v) is 6.50. The third-order valence-electron chi connectivity index (χ3n) is 8.90. The Bertz CT molecular complexity index is 621. The lowest BCUT2D eigenvalue weighted by atomic mass is 10.0. The number of amides is 1. The van der Waals surface area contributed by atoms with Gasteiger partial charge in [-0.15, -0.1) is 0 Å². The van der Waals surface area contributed by atoms with Crippen LogP contribution in [0.15, 0.2) is 0 Å². The van der Waals surface area contributed by atoms with Crippen molar-refractivity contribution in [1.29, 1.82) is 0 Å². The topological polar surface area (TPSA) is 89.9 Å². The molecule has 0 heterocycles. The Balaban J connectivity index is 3.87. The molecule has 6 nitrogen and oxygen atoms in total. The number of hydrogen-bond donors (Lipinski definition) is 1. The summed E-state index contributed by atoms with van der Waals surface area (Å²) >= 11 is 0. The summed E-state index contributed by atoms with van der Waals surface area (Å²) in [4.78, 5) is 26.2. The van der Waals surface area contributed by atoms with Crippen LogP contribution in [-0.2, 0) is 14.1 Å². The van der Waals surface area contributed by atoms with E-state index >= 15 is 0 Å². The molecule has 1 amide bonds. The predicted molar refractivity (Wildman–Crippen MR) is 187 cm³/mol. The fourth-order valence-electron chi connectivity index (χ4n) is 5.94. The summed E-state index contributed by atoms with van der Waals surface area (Å²) in [5.74, 6) is -0.0593. The third-order valence-corrected chi connectivity index (χ3v) is 9.81. The van der Waals surface area contributed by atoms with Crippen LogP contribution in [0.2, 0.25) is 0 Å². The number of aliphatic hydroxyl groups excluding tert-OH is 1. The highest BCUT2D eigenvalue weighted by Gasteiger charge is 2.27. The minimum absolute atomic E-state index is 0.0593. The molecule has 0 saturated heterocycles. The van der Waals surface area contributed by atoms with E-state index in [9.17, 15) is 19.4 Å². The molecule has 0 rings (SSSR count). The van der Waals surface area contributed by atoms with Gasteiger partial charge in [0.1, 0.15) is 0 Å². The summed E-state index contributed by atoms with van der Waals surface area (Å²) < 4.78 is 17.6. The second-order valence-electron chi connectivity index (χ2n) is 13.2. The Labute approximate surface area is 274 Å². The molecule has 262 valence electrons. The molecule has 0 aromatic carbocycles. The highest BCUT2D eigenvalue weighted by molar-refractivity contribution is 7.37. The SMILES string of the molecule is CCCCCCCCCCCCCCCCOCC(CN(CCO)C(=O)CCCCCCCCCCCCCCC)[P+](=O)[O-]. The molecular weight excluding hydrogens is 569 g/mol. The molecule has 0 aliphatic carbocycles. The van der Waals surface area contributed by atoms with Gasteiger partial charge in [-0.1, -0.05) is 179 Å². The van der Waals surface area contributed by atoms with E-state index in [1.807, 2.05) is 0 Å². The highest BCUT2D eigenvalue weighted by Crippen LogP contribution is 2.21. The second-order valence-corrected chi connectivity index (χ2v) is 14.5. The van der Waals surface area contributed by atoms with Gasteiger partial charge in [-0.25, -0.2) is 0 Å². The van der Waals surface area contributed by atoms with Crippen molar-refractivity contribution < 1.29 is 24.1 Å². The van der Waals surface area contributed by atoms with Crippen molar-refractivity contribution >= 4 is 13.9 Å².